The molecule has 2 aromatic heterocycles. The minimum atomic E-state index is 0.755. The quantitative estimate of drug-likeness (QED) is 0.663. The third-order valence-corrected chi connectivity index (χ3v) is 3.62. The van der Waals surface area contributed by atoms with Crippen LogP contribution in [-0.4, -0.2) is 9.55 Å². The van der Waals surface area contributed by atoms with Gasteiger partial charge in [-0.1, -0.05) is 24.2 Å². The van der Waals surface area contributed by atoms with Gasteiger partial charge in [-0.25, -0.2) is 4.98 Å². The number of halogens is 1. The van der Waals surface area contributed by atoms with E-state index >= 15 is 0 Å². The fraction of sp³-hybridized carbons (Fsp3) is 0.0625. The van der Waals surface area contributed by atoms with Gasteiger partial charge in [0, 0.05) is 28.0 Å². The standard InChI is InChI=1S/C16H13ClN2/c1-3-13-9-12-5-4-8-18-16(12)19(13)14-7-6-11(2)15(17)10-14/h3-10H,1H2,2H3. The summed E-state index contributed by atoms with van der Waals surface area (Å²) in [6.07, 6.45) is 3.62. The molecule has 94 valence electrons. The smallest absolute Gasteiger partial charge is 0.144 e. The molecule has 2 heterocycles. The van der Waals surface area contributed by atoms with Crippen molar-refractivity contribution in [1.82, 2.24) is 9.55 Å². The average Bonchev–Trinajstić information content (AvgIpc) is 2.80. The summed E-state index contributed by atoms with van der Waals surface area (Å²) in [5.41, 5.74) is 3.99. The van der Waals surface area contributed by atoms with Gasteiger partial charge in [0.25, 0.3) is 0 Å². The second-order valence-corrected chi connectivity index (χ2v) is 4.87. The van der Waals surface area contributed by atoms with Crippen LogP contribution in [0, 0.1) is 6.92 Å². The van der Waals surface area contributed by atoms with E-state index < -0.39 is 0 Å². The van der Waals surface area contributed by atoms with Gasteiger partial charge in [0.2, 0.25) is 0 Å². The zero-order chi connectivity index (χ0) is 13.4. The fourth-order valence-electron chi connectivity index (χ4n) is 2.20. The maximum absolute atomic E-state index is 6.22. The molecule has 0 saturated carbocycles. The Labute approximate surface area is 117 Å². The van der Waals surface area contributed by atoms with Crippen molar-refractivity contribution in [3.05, 3.63) is 65.5 Å². The van der Waals surface area contributed by atoms with Gasteiger partial charge >= 0.3 is 0 Å². The van der Waals surface area contributed by atoms with Gasteiger partial charge in [-0.3, -0.25) is 4.57 Å². The average molecular weight is 269 g/mol. The van der Waals surface area contributed by atoms with Crippen molar-refractivity contribution in [3.8, 4) is 5.69 Å². The van der Waals surface area contributed by atoms with E-state index in [4.69, 9.17) is 11.6 Å². The summed E-state index contributed by atoms with van der Waals surface area (Å²) >= 11 is 6.22. The second-order valence-electron chi connectivity index (χ2n) is 4.46. The van der Waals surface area contributed by atoms with Crippen molar-refractivity contribution in [2.24, 2.45) is 0 Å². The van der Waals surface area contributed by atoms with Crippen LogP contribution in [-0.2, 0) is 0 Å². The van der Waals surface area contributed by atoms with Crippen LogP contribution in [0.25, 0.3) is 22.8 Å². The summed E-state index contributed by atoms with van der Waals surface area (Å²) in [5, 5.41) is 1.85. The Kier molecular flexibility index (Phi) is 2.88. The lowest BCUT2D eigenvalue weighted by Gasteiger charge is -2.09. The van der Waals surface area contributed by atoms with E-state index in [0.717, 1.165) is 33.0 Å². The molecule has 0 aliphatic rings. The Morgan fingerprint density at radius 3 is 2.84 bits per heavy atom. The van der Waals surface area contributed by atoms with Crippen molar-refractivity contribution >= 4 is 28.7 Å². The maximum Gasteiger partial charge on any atom is 0.144 e. The number of nitrogens with zero attached hydrogens (tertiary/aromatic N) is 2. The first kappa shape index (κ1) is 12.0. The number of hydrogen-bond acceptors (Lipinski definition) is 1. The third-order valence-electron chi connectivity index (χ3n) is 3.21. The largest absolute Gasteiger partial charge is 0.295 e. The van der Waals surface area contributed by atoms with Crippen LogP contribution in [0.15, 0.2) is 49.2 Å². The summed E-state index contributed by atoms with van der Waals surface area (Å²) in [4.78, 5) is 4.45. The molecule has 2 nitrogen and oxygen atoms in total. The normalized spacial score (nSPS) is 10.8. The highest BCUT2D eigenvalue weighted by atomic mass is 35.5. The van der Waals surface area contributed by atoms with E-state index in [1.807, 2.05) is 43.3 Å². The highest BCUT2D eigenvalue weighted by molar-refractivity contribution is 6.31. The lowest BCUT2D eigenvalue weighted by molar-refractivity contribution is 1.07. The number of aryl methyl sites for hydroxylation is 1. The van der Waals surface area contributed by atoms with Gasteiger partial charge < -0.3 is 0 Å². The number of rotatable bonds is 2. The van der Waals surface area contributed by atoms with Crippen LogP contribution in [0.1, 0.15) is 11.3 Å². The van der Waals surface area contributed by atoms with Gasteiger partial charge in [-0.05, 0) is 48.9 Å². The van der Waals surface area contributed by atoms with E-state index in [-0.39, 0.29) is 0 Å². The number of fused-ring (bicyclic) bond motifs is 1. The molecular formula is C16H13ClN2. The van der Waals surface area contributed by atoms with Crippen LogP contribution in [0.5, 0.6) is 0 Å². The minimum absolute atomic E-state index is 0.755. The molecule has 0 bridgehead atoms. The molecule has 0 amide bonds. The van der Waals surface area contributed by atoms with Crippen LogP contribution >= 0.6 is 11.6 Å². The Balaban J connectivity index is 2.34. The zero-order valence-corrected chi connectivity index (χ0v) is 11.4. The highest BCUT2D eigenvalue weighted by Gasteiger charge is 2.10. The number of pyridine rings is 1. The molecule has 3 heteroatoms. The first-order valence-corrected chi connectivity index (χ1v) is 6.44. The van der Waals surface area contributed by atoms with Crippen LogP contribution in [0.2, 0.25) is 5.02 Å². The first-order valence-electron chi connectivity index (χ1n) is 6.06. The Morgan fingerprint density at radius 1 is 1.26 bits per heavy atom. The predicted octanol–water partition coefficient (Wildman–Crippen LogP) is 4.63. The van der Waals surface area contributed by atoms with Crippen molar-refractivity contribution < 1.29 is 0 Å². The molecule has 0 saturated heterocycles. The van der Waals surface area contributed by atoms with E-state index in [2.05, 4.69) is 22.2 Å². The highest BCUT2D eigenvalue weighted by Crippen LogP contribution is 2.26. The van der Waals surface area contributed by atoms with Gasteiger partial charge in [0.15, 0.2) is 0 Å². The summed E-state index contributed by atoms with van der Waals surface area (Å²) < 4.78 is 2.06. The SMILES string of the molecule is C=Cc1cc2cccnc2n1-c1ccc(C)c(Cl)c1. The van der Waals surface area contributed by atoms with E-state index in [1.165, 1.54) is 0 Å². The molecule has 0 radical (unpaired) electrons. The van der Waals surface area contributed by atoms with Crippen LogP contribution in [0.4, 0.5) is 0 Å². The number of aromatic nitrogens is 2. The van der Waals surface area contributed by atoms with Crippen LogP contribution < -0.4 is 0 Å². The fourth-order valence-corrected chi connectivity index (χ4v) is 2.37. The van der Waals surface area contributed by atoms with Crippen molar-refractivity contribution in [2.45, 2.75) is 6.92 Å². The van der Waals surface area contributed by atoms with Gasteiger partial charge in [-0.15, -0.1) is 0 Å². The van der Waals surface area contributed by atoms with Gasteiger partial charge in [-0.2, -0.15) is 0 Å². The monoisotopic (exact) mass is 268 g/mol. The lowest BCUT2D eigenvalue weighted by atomic mass is 10.2. The Hall–Kier alpha value is -2.06. The maximum atomic E-state index is 6.22. The summed E-state index contributed by atoms with van der Waals surface area (Å²) in [5.74, 6) is 0. The molecule has 3 rings (SSSR count). The molecule has 0 aliphatic heterocycles. The third kappa shape index (κ3) is 1.94. The first-order chi connectivity index (χ1) is 9.20. The molecule has 0 unspecified atom stereocenters. The molecule has 0 aliphatic carbocycles. The van der Waals surface area contributed by atoms with E-state index in [0.29, 0.717) is 0 Å². The Bertz CT molecular complexity index is 772. The van der Waals surface area contributed by atoms with Crippen molar-refractivity contribution in [2.75, 3.05) is 0 Å². The number of benzene rings is 1. The summed E-state index contributed by atoms with van der Waals surface area (Å²) in [6, 6.07) is 12.1. The van der Waals surface area contributed by atoms with Gasteiger partial charge in [0.1, 0.15) is 5.65 Å². The molecule has 1 aromatic carbocycles. The minimum Gasteiger partial charge on any atom is -0.295 e. The molecule has 19 heavy (non-hydrogen) atoms. The lowest BCUT2D eigenvalue weighted by Crippen LogP contribution is -1.97. The molecule has 0 N–H and O–H groups in total. The summed E-state index contributed by atoms with van der Waals surface area (Å²) in [6.45, 7) is 5.86. The topological polar surface area (TPSA) is 17.8 Å². The molecule has 0 atom stereocenters. The Morgan fingerprint density at radius 2 is 2.11 bits per heavy atom. The molecule has 0 fully saturated rings. The number of hydrogen-bond donors (Lipinski definition) is 0. The van der Waals surface area contributed by atoms with E-state index in [1.54, 1.807) is 6.20 Å². The predicted molar refractivity (Wildman–Crippen MR) is 80.9 cm³/mol. The molecular weight excluding hydrogens is 256 g/mol. The molecule has 3 aromatic rings. The van der Waals surface area contributed by atoms with E-state index in [9.17, 15) is 0 Å². The van der Waals surface area contributed by atoms with Crippen molar-refractivity contribution in [3.63, 3.8) is 0 Å². The van der Waals surface area contributed by atoms with Crippen LogP contribution in [0.3, 0.4) is 0 Å². The second kappa shape index (κ2) is 4.56. The van der Waals surface area contributed by atoms with Crippen molar-refractivity contribution in [1.29, 1.82) is 0 Å². The molecule has 0 spiro atoms. The summed E-state index contributed by atoms with van der Waals surface area (Å²) in [7, 11) is 0. The van der Waals surface area contributed by atoms with Gasteiger partial charge in [0.05, 0.1) is 0 Å². The zero-order valence-electron chi connectivity index (χ0n) is 10.6.